The van der Waals surface area contributed by atoms with Gasteiger partial charge in [-0.25, -0.2) is 9.59 Å². The summed E-state index contributed by atoms with van der Waals surface area (Å²) in [5.74, 6) is -0.827. The van der Waals surface area contributed by atoms with Crippen molar-refractivity contribution >= 4 is 11.9 Å². The molecule has 0 saturated heterocycles. The van der Waals surface area contributed by atoms with Gasteiger partial charge in [0.1, 0.15) is 11.5 Å². The molecule has 0 aliphatic rings. The Morgan fingerprint density at radius 2 is 0.941 bits per heavy atom. The molecular weight excluding hydrogens is 432 g/mol. The molecular formula is C28H34O6. The number of carboxylic acids is 2. The fourth-order valence-electron chi connectivity index (χ4n) is 3.14. The smallest absolute Gasteiger partial charge is 0.336 e. The lowest BCUT2D eigenvalue weighted by Gasteiger charge is -2.07. The van der Waals surface area contributed by atoms with E-state index < -0.39 is 11.9 Å². The number of aryl methyl sites for hydroxylation is 2. The Labute approximate surface area is 201 Å². The minimum Gasteiger partial charge on any atom is -0.508 e. The number of hydrogen-bond donors (Lipinski definition) is 4. The topological polar surface area (TPSA) is 115 Å². The fraction of sp³-hybridized carbons (Fsp3) is 0.286. The maximum absolute atomic E-state index is 10.5. The Morgan fingerprint density at radius 3 is 1.18 bits per heavy atom. The predicted molar refractivity (Wildman–Crippen MR) is 134 cm³/mol. The highest BCUT2D eigenvalue weighted by Crippen LogP contribution is 2.26. The first kappa shape index (κ1) is 28.2. The average molecular weight is 467 g/mol. The first-order valence-corrected chi connectivity index (χ1v) is 11.0. The van der Waals surface area contributed by atoms with Crippen LogP contribution in [0.25, 0.3) is 0 Å². The lowest BCUT2D eigenvalue weighted by molar-refractivity contribution is 0.0651. The molecule has 0 aromatic heterocycles. The summed E-state index contributed by atoms with van der Waals surface area (Å²) in [5, 5.41) is 36.0. The summed E-state index contributed by atoms with van der Waals surface area (Å²) in [6, 6.07) is 17.1. The highest BCUT2D eigenvalue weighted by Gasteiger charge is 2.13. The van der Waals surface area contributed by atoms with Gasteiger partial charge in [-0.2, -0.15) is 0 Å². The zero-order valence-electron chi connectivity index (χ0n) is 20.5. The van der Waals surface area contributed by atoms with Gasteiger partial charge in [0.25, 0.3) is 0 Å². The maximum Gasteiger partial charge on any atom is 0.336 e. The van der Waals surface area contributed by atoms with E-state index in [1.54, 1.807) is 12.1 Å². The van der Waals surface area contributed by atoms with Gasteiger partial charge in [0.05, 0.1) is 11.1 Å². The van der Waals surface area contributed by atoms with Gasteiger partial charge in [0.15, 0.2) is 0 Å². The monoisotopic (exact) mass is 466 g/mol. The number of phenolic OH excluding ortho intramolecular Hbond substituents is 2. The summed E-state index contributed by atoms with van der Waals surface area (Å²) in [4.78, 5) is 20.9. The molecule has 0 spiro atoms. The van der Waals surface area contributed by atoms with E-state index in [2.05, 4.69) is 27.7 Å². The van der Waals surface area contributed by atoms with Crippen molar-refractivity contribution in [3.05, 3.63) is 94.0 Å². The van der Waals surface area contributed by atoms with Gasteiger partial charge >= 0.3 is 11.9 Å². The van der Waals surface area contributed by atoms with Gasteiger partial charge in [-0.1, -0.05) is 64.1 Å². The number of phenols is 2. The van der Waals surface area contributed by atoms with Crippen molar-refractivity contribution in [2.45, 2.75) is 53.4 Å². The molecule has 3 aromatic carbocycles. The molecule has 0 aliphatic carbocycles. The van der Waals surface area contributed by atoms with Crippen molar-refractivity contribution in [1.29, 1.82) is 0 Å². The van der Waals surface area contributed by atoms with E-state index in [1.807, 2.05) is 38.1 Å². The lowest BCUT2D eigenvalue weighted by Crippen LogP contribution is -2.06. The van der Waals surface area contributed by atoms with Crippen LogP contribution in [0.4, 0.5) is 0 Å². The predicted octanol–water partition coefficient (Wildman–Crippen LogP) is 6.73. The fourth-order valence-corrected chi connectivity index (χ4v) is 3.14. The molecule has 0 unspecified atom stereocenters. The van der Waals surface area contributed by atoms with E-state index in [0.717, 1.165) is 22.3 Å². The highest BCUT2D eigenvalue weighted by molar-refractivity contribution is 6.01. The molecule has 3 aromatic rings. The molecule has 0 atom stereocenters. The maximum atomic E-state index is 10.5. The Morgan fingerprint density at radius 1 is 0.618 bits per heavy atom. The van der Waals surface area contributed by atoms with E-state index in [-0.39, 0.29) is 11.1 Å². The molecule has 182 valence electrons. The third-order valence-electron chi connectivity index (χ3n) is 5.00. The summed E-state index contributed by atoms with van der Waals surface area (Å²) in [5.41, 5.74) is 3.88. The number of carbonyl (C=O) groups is 2. The second-order valence-corrected chi connectivity index (χ2v) is 8.59. The molecule has 0 radical (unpaired) electrons. The summed E-state index contributed by atoms with van der Waals surface area (Å²) < 4.78 is 0. The zero-order valence-corrected chi connectivity index (χ0v) is 20.5. The molecule has 0 saturated carbocycles. The van der Waals surface area contributed by atoms with Crippen molar-refractivity contribution in [2.75, 3.05) is 0 Å². The van der Waals surface area contributed by atoms with Crippen molar-refractivity contribution in [2.24, 2.45) is 0 Å². The Hall–Kier alpha value is -3.80. The summed E-state index contributed by atoms with van der Waals surface area (Å²) in [6.45, 7) is 12.2. The molecule has 0 amide bonds. The molecule has 6 nitrogen and oxygen atoms in total. The molecule has 0 aliphatic heterocycles. The number of aromatic carboxylic acids is 2. The van der Waals surface area contributed by atoms with Crippen LogP contribution in [0, 0.1) is 13.8 Å². The number of carboxylic acid groups (broad SMARTS) is 2. The van der Waals surface area contributed by atoms with Gasteiger partial charge < -0.3 is 20.4 Å². The van der Waals surface area contributed by atoms with Crippen molar-refractivity contribution in [3.63, 3.8) is 0 Å². The normalized spacial score (nSPS) is 10.1. The summed E-state index contributed by atoms with van der Waals surface area (Å²) in [7, 11) is 0. The van der Waals surface area contributed by atoms with Crippen LogP contribution >= 0.6 is 0 Å². The number of rotatable bonds is 4. The average Bonchev–Trinajstić information content (AvgIpc) is 2.74. The Kier molecular flexibility index (Phi) is 10.8. The third kappa shape index (κ3) is 8.62. The standard InChI is InChI=1S/2C10H14O.C8H6O4/c2*1-7(2)9-5-4-8(3)6-10(9)11;9-7(10)5-3-1-2-4-6(5)8(11)12/h2*4-7,11H,1-3H3;1-4H,(H,9,10)(H,11,12). The van der Waals surface area contributed by atoms with Gasteiger partial charge in [0, 0.05) is 0 Å². The van der Waals surface area contributed by atoms with Crippen LogP contribution in [0.2, 0.25) is 0 Å². The van der Waals surface area contributed by atoms with Gasteiger partial charge in [-0.15, -0.1) is 0 Å². The number of benzene rings is 3. The Balaban J connectivity index is 0.000000255. The van der Waals surface area contributed by atoms with E-state index in [1.165, 1.54) is 24.3 Å². The lowest BCUT2D eigenvalue weighted by atomic mass is 10.0. The van der Waals surface area contributed by atoms with E-state index in [0.29, 0.717) is 23.3 Å². The molecule has 0 fully saturated rings. The second-order valence-electron chi connectivity index (χ2n) is 8.59. The van der Waals surface area contributed by atoms with Crippen LogP contribution in [0.1, 0.15) is 82.5 Å². The molecule has 3 rings (SSSR count). The van der Waals surface area contributed by atoms with Gasteiger partial charge in [-0.3, -0.25) is 0 Å². The number of hydrogen-bond acceptors (Lipinski definition) is 4. The minimum absolute atomic E-state index is 0.190. The third-order valence-corrected chi connectivity index (χ3v) is 5.00. The number of aromatic hydroxyl groups is 2. The van der Waals surface area contributed by atoms with Crippen LogP contribution in [-0.2, 0) is 0 Å². The molecule has 34 heavy (non-hydrogen) atoms. The molecule has 6 heteroatoms. The van der Waals surface area contributed by atoms with Crippen LogP contribution in [0.15, 0.2) is 60.7 Å². The van der Waals surface area contributed by atoms with E-state index in [4.69, 9.17) is 10.2 Å². The van der Waals surface area contributed by atoms with Crippen LogP contribution in [0.3, 0.4) is 0 Å². The van der Waals surface area contributed by atoms with E-state index >= 15 is 0 Å². The largest absolute Gasteiger partial charge is 0.508 e. The van der Waals surface area contributed by atoms with Crippen LogP contribution < -0.4 is 0 Å². The van der Waals surface area contributed by atoms with Crippen LogP contribution in [-0.4, -0.2) is 32.4 Å². The van der Waals surface area contributed by atoms with Crippen molar-refractivity contribution in [1.82, 2.24) is 0 Å². The highest BCUT2D eigenvalue weighted by atomic mass is 16.4. The minimum atomic E-state index is -1.23. The Bertz CT molecular complexity index is 1030. The van der Waals surface area contributed by atoms with Gasteiger partial charge in [-0.05, 0) is 72.2 Å². The molecule has 0 heterocycles. The van der Waals surface area contributed by atoms with Crippen molar-refractivity contribution in [3.8, 4) is 11.5 Å². The first-order valence-electron chi connectivity index (χ1n) is 11.0. The van der Waals surface area contributed by atoms with E-state index in [9.17, 15) is 19.8 Å². The van der Waals surface area contributed by atoms with Gasteiger partial charge in [0.2, 0.25) is 0 Å². The second kappa shape index (κ2) is 13.0. The SMILES string of the molecule is Cc1ccc(C(C)C)c(O)c1.Cc1ccc(C(C)C)c(O)c1.O=C(O)c1ccccc1C(=O)O. The zero-order chi connectivity index (χ0) is 26.0. The summed E-state index contributed by atoms with van der Waals surface area (Å²) >= 11 is 0. The molecule has 4 N–H and O–H groups in total. The van der Waals surface area contributed by atoms with Crippen molar-refractivity contribution < 1.29 is 30.0 Å². The summed E-state index contributed by atoms with van der Waals surface area (Å²) in [6.07, 6.45) is 0. The van der Waals surface area contributed by atoms with Crippen LogP contribution in [0.5, 0.6) is 11.5 Å². The quantitative estimate of drug-likeness (QED) is 0.339. The first-order chi connectivity index (χ1) is 15.8. The molecule has 0 bridgehead atoms.